The molecule has 25 heavy (non-hydrogen) atoms. The lowest BCUT2D eigenvalue weighted by molar-refractivity contribution is -0.137. The zero-order valence-corrected chi connectivity index (χ0v) is 15.4. The molecule has 0 radical (unpaired) electrons. The molecule has 1 unspecified atom stereocenters. The van der Waals surface area contributed by atoms with Gasteiger partial charge in [-0.2, -0.15) is 11.3 Å². The standard InChI is InChI=1S/C19H23NO4S/c1-19(2,3)24-18(23)20-11-16(10-17(21)22)14-6-4-5-13(9-14)15-7-8-25-12-15/h4-9,12,16H,10-11H2,1-3H3,(H,20,23)(H,21,22). The second-order valence-corrected chi connectivity index (χ2v) is 7.60. The van der Waals surface area contributed by atoms with E-state index < -0.39 is 17.7 Å². The van der Waals surface area contributed by atoms with Gasteiger partial charge in [0.2, 0.25) is 0 Å². The molecular weight excluding hydrogens is 338 g/mol. The molecule has 0 fully saturated rings. The molecule has 0 saturated carbocycles. The molecule has 2 rings (SSSR count). The summed E-state index contributed by atoms with van der Waals surface area (Å²) >= 11 is 1.61. The van der Waals surface area contributed by atoms with E-state index in [0.29, 0.717) is 0 Å². The van der Waals surface area contributed by atoms with Gasteiger partial charge < -0.3 is 15.2 Å². The molecule has 0 saturated heterocycles. The molecule has 2 N–H and O–H groups in total. The second kappa shape index (κ2) is 8.16. The van der Waals surface area contributed by atoms with E-state index in [2.05, 4.69) is 5.32 Å². The molecule has 0 aliphatic heterocycles. The van der Waals surface area contributed by atoms with Gasteiger partial charge in [0.05, 0.1) is 6.42 Å². The van der Waals surface area contributed by atoms with Crippen LogP contribution in [0.4, 0.5) is 4.79 Å². The van der Waals surface area contributed by atoms with E-state index in [1.54, 1.807) is 32.1 Å². The lowest BCUT2D eigenvalue weighted by Gasteiger charge is -2.22. The molecule has 6 heteroatoms. The number of benzene rings is 1. The minimum atomic E-state index is -0.906. The zero-order chi connectivity index (χ0) is 18.4. The van der Waals surface area contributed by atoms with Gasteiger partial charge in [-0.15, -0.1) is 0 Å². The number of aliphatic carboxylic acids is 1. The highest BCUT2D eigenvalue weighted by atomic mass is 32.1. The predicted octanol–water partition coefficient (Wildman–Crippen LogP) is 4.50. The summed E-state index contributed by atoms with van der Waals surface area (Å²) in [6.45, 7) is 5.55. The van der Waals surface area contributed by atoms with Crippen molar-refractivity contribution in [2.24, 2.45) is 0 Å². The maximum atomic E-state index is 11.9. The fraction of sp³-hybridized carbons (Fsp3) is 0.368. The normalized spacial score (nSPS) is 12.4. The first-order valence-corrected chi connectivity index (χ1v) is 9.00. The Morgan fingerprint density at radius 3 is 2.60 bits per heavy atom. The molecule has 1 heterocycles. The van der Waals surface area contributed by atoms with Crippen molar-refractivity contribution in [1.29, 1.82) is 0 Å². The van der Waals surface area contributed by atoms with E-state index in [-0.39, 0.29) is 18.9 Å². The Bertz CT molecular complexity index is 719. The molecular formula is C19H23NO4S. The molecule has 1 aromatic carbocycles. The maximum absolute atomic E-state index is 11.9. The van der Waals surface area contributed by atoms with Gasteiger partial charge in [-0.3, -0.25) is 4.79 Å². The number of carbonyl (C=O) groups is 2. The summed E-state index contributed by atoms with van der Waals surface area (Å²) in [7, 11) is 0. The first-order valence-electron chi connectivity index (χ1n) is 8.06. The van der Waals surface area contributed by atoms with Crippen molar-refractivity contribution in [3.63, 3.8) is 0 Å². The van der Waals surface area contributed by atoms with Crippen molar-refractivity contribution in [3.05, 3.63) is 46.7 Å². The van der Waals surface area contributed by atoms with E-state index in [1.807, 2.05) is 41.1 Å². The van der Waals surface area contributed by atoms with Crippen LogP contribution in [0, 0.1) is 0 Å². The highest BCUT2D eigenvalue weighted by Gasteiger charge is 2.20. The third-order valence-electron chi connectivity index (χ3n) is 3.53. The minimum Gasteiger partial charge on any atom is -0.481 e. The van der Waals surface area contributed by atoms with Gasteiger partial charge in [0.15, 0.2) is 0 Å². The van der Waals surface area contributed by atoms with Gasteiger partial charge in [0.1, 0.15) is 5.60 Å². The van der Waals surface area contributed by atoms with Crippen LogP contribution in [-0.4, -0.2) is 29.3 Å². The van der Waals surface area contributed by atoms with Crippen molar-refractivity contribution in [3.8, 4) is 11.1 Å². The number of alkyl carbamates (subject to hydrolysis) is 1. The van der Waals surface area contributed by atoms with Crippen LogP contribution in [0.25, 0.3) is 11.1 Å². The van der Waals surface area contributed by atoms with Crippen LogP contribution in [-0.2, 0) is 9.53 Å². The summed E-state index contributed by atoms with van der Waals surface area (Å²) in [5.74, 6) is -1.24. The molecule has 0 aliphatic rings. The number of hydrogen-bond acceptors (Lipinski definition) is 4. The summed E-state index contributed by atoms with van der Waals surface area (Å²) in [4.78, 5) is 23.1. The Balaban J connectivity index is 2.13. The monoisotopic (exact) mass is 361 g/mol. The van der Waals surface area contributed by atoms with Gasteiger partial charge in [-0.05, 0) is 54.3 Å². The van der Waals surface area contributed by atoms with Gasteiger partial charge in [-0.1, -0.05) is 24.3 Å². The highest BCUT2D eigenvalue weighted by Crippen LogP contribution is 2.27. The molecule has 0 bridgehead atoms. The average Bonchev–Trinajstić information content (AvgIpc) is 3.04. The van der Waals surface area contributed by atoms with Gasteiger partial charge in [0.25, 0.3) is 0 Å². The zero-order valence-electron chi connectivity index (χ0n) is 14.6. The predicted molar refractivity (Wildman–Crippen MR) is 99.0 cm³/mol. The largest absolute Gasteiger partial charge is 0.481 e. The Kier molecular flexibility index (Phi) is 6.20. The van der Waals surface area contributed by atoms with E-state index in [4.69, 9.17) is 4.74 Å². The van der Waals surface area contributed by atoms with E-state index >= 15 is 0 Å². The first kappa shape index (κ1) is 19.0. The fourth-order valence-electron chi connectivity index (χ4n) is 2.44. The number of carboxylic acids is 1. The quantitative estimate of drug-likeness (QED) is 0.794. The number of carboxylic acid groups (broad SMARTS) is 1. The Morgan fingerprint density at radius 2 is 2.00 bits per heavy atom. The first-order chi connectivity index (χ1) is 11.7. The number of nitrogens with one attached hydrogen (secondary N) is 1. The molecule has 1 amide bonds. The number of rotatable bonds is 6. The van der Waals surface area contributed by atoms with Crippen molar-refractivity contribution in [2.75, 3.05) is 6.54 Å². The highest BCUT2D eigenvalue weighted by molar-refractivity contribution is 7.08. The minimum absolute atomic E-state index is 0.0666. The SMILES string of the molecule is CC(C)(C)OC(=O)NCC(CC(=O)O)c1cccc(-c2ccsc2)c1. The molecule has 1 atom stereocenters. The van der Waals surface area contributed by atoms with Gasteiger partial charge in [-0.25, -0.2) is 4.79 Å². The third-order valence-corrected chi connectivity index (χ3v) is 4.21. The lowest BCUT2D eigenvalue weighted by Crippen LogP contribution is -2.35. The maximum Gasteiger partial charge on any atom is 0.407 e. The van der Waals surface area contributed by atoms with Crippen LogP contribution in [0.3, 0.4) is 0 Å². The van der Waals surface area contributed by atoms with Crippen molar-refractivity contribution in [1.82, 2.24) is 5.32 Å². The van der Waals surface area contributed by atoms with E-state index in [0.717, 1.165) is 16.7 Å². The van der Waals surface area contributed by atoms with E-state index in [9.17, 15) is 14.7 Å². The molecule has 0 aliphatic carbocycles. The smallest absolute Gasteiger partial charge is 0.407 e. The van der Waals surface area contributed by atoms with Crippen LogP contribution in [0.5, 0.6) is 0 Å². The average molecular weight is 361 g/mol. The third kappa shape index (κ3) is 6.23. The molecule has 0 spiro atoms. The summed E-state index contributed by atoms with van der Waals surface area (Å²) in [5, 5.41) is 15.9. The van der Waals surface area contributed by atoms with Gasteiger partial charge in [0, 0.05) is 12.5 Å². The van der Waals surface area contributed by atoms with Crippen LogP contribution >= 0.6 is 11.3 Å². The summed E-state index contributed by atoms with van der Waals surface area (Å²) in [6, 6.07) is 9.79. The summed E-state index contributed by atoms with van der Waals surface area (Å²) in [6.07, 6.45) is -0.611. The van der Waals surface area contributed by atoms with Crippen LogP contribution in [0.15, 0.2) is 41.1 Å². The Morgan fingerprint density at radius 1 is 1.24 bits per heavy atom. The number of carbonyl (C=O) groups excluding carboxylic acids is 1. The number of thiophene rings is 1. The van der Waals surface area contributed by atoms with Gasteiger partial charge >= 0.3 is 12.1 Å². The number of hydrogen-bond donors (Lipinski definition) is 2. The summed E-state index contributed by atoms with van der Waals surface area (Å²) < 4.78 is 5.22. The second-order valence-electron chi connectivity index (χ2n) is 6.82. The van der Waals surface area contributed by atoms with Crippen molar-refractivity contribution >= 4 is 23.4 Å². The summed E-state index contributed by atoms with van der Waals surface area (Å²) in [5.41, 5.74) is 2.42. The Labute approximate surface area is 151 Å². The topological polar surface area (TPSA) is 75.6 Å². The Hall–Kier alpha value is -2.34. The fourth-order valence-corrected chi connectivity index (χ4v) is 3.11. The number of amides is 1. The molecule has 134 valence electrons. The lowest BCUT2D eigenvalue weighted by atomic mass is 9.93. The van der Waals surface area contributed by atoms with Crippen LogP contribution in [0.1, 0.15) is 38.7 Å². The number of ether oxygens (including phenoxy) is 1. The van der Waals surface area contributed by atoms with E-state index in [1.165, 1.54) is 0 Å². The van der Waals surface area contributed by atoms with Crippen molar-refractivity contribution in [2.45, 2.75) is 38.7 Å². The van der Waals surface area contributed by atoms with Crippen LogP contribution < -0.4 is 5.32 Å². The molecule has 1 aromatic heterocycles. The van der Waals surface area contributed by atoms with Crippen molar-refractivity contribution < 1.29 is 19.4 Å². The molecule has 2 aromatic rings. The van der Waals surface area contributed by atoms with Crippen LogP contribution in [0.2, 0.25) is 0 Å². The molecule has 5 nitrogen and oxygen atoms in total.